The third-order valence-electron chi connectivity index (χ3n) is 5.53. The molecule has 0 atom stereocenters. The van der Waals surface area contributed by atoms with Gasteiger partial charge in [-0.3, -0.25) is 14.6 Å². The summed E-state index contributed by atoms with van der Waals surface area (Å²) in [5.74, 6) is 0.905. The third-order valence-corrected chi connectivity index (χ3v) is 5.53. The molecule has 0 saturated carbocycles. The number of carbonyl (C=O) groups is 1. The quantitative estimate of drug-likeness (QED) is 0.587. The Balaban J connectivity index is 1.26. The lowest BCUT2D eigenvalue weighted by molar-refractivity contribution is 0.102. The Morgan fingerprint density at radius 3 is 2.59 bits per heavy atom. The smallest absolute Gasteiger partial charge is 0.277 e. The molecule has 2 aromatic carbocycles. The molecule has 0 radical (unpaired) electrons. The van der Waals surface area contributed by atoms with Crippen LogP contribution in [-0.4, -0.2) is 59.1 Å². The van der Waals surface area contributed by atoms with Crippen molar-refractivity contribution >= 4 is 11.6 Å². The molecule has 1 aromatic heterocycles. The number of anilines is 1. The first-order chi connectivity index (χ1) is 15.5. The molecule has 1 fully saturated rings. The van der Waals surface area contributed by atoms with Crippen LogP contribution in [-0.2, 0) is 13.1 Å². The van der Waals surface area contributed by atoms with Crippen LogP contribution in [0.3, 0.4) is 0 Å². The van der Waals surface area contributed by atoms with Crippen LogP contribution in [0.1, 0.15) is 27.5 Å². The van der Waals surface area contributed by atoms with Gasteiger partial charge in [0.05, 0.1) is 13.7 Å². The minimum atomic E-state index is -0.278. The van der Waals surface area contributed by atoms with E-state index >= 15 is 0 Å². The van der Waals surface area contributed by atoms with Gasteiger partial charge in [0.2, 0.25) is 5.89 Å². The van der Waals surface area contributed by atoms with Gasteiger partial charge >= 0.3 is 0 Å². The highest BCUT2D eigenvalue weighted by atomic mass is 16.5. The van der Waals surface area contributed by atoms with Gasteiger partial charge in [-0.25, -0.2) is 4.98 Å². The fourth-order valence-corrected chi connectivity index (χ4v) is 3.78. The van der Waals surface area contributed by atoms with Gasteiger partial charge in [0, 0.05) is 38.4 Å². The highest BCUT2D eigenvalue weighted by Gasteiger charge is 2.20. The minimum absolute atomic E-state index is 0.152. The van der Waals surface area contributed by atoms with Crippen LogP contribution in [0.15, 0.2) is 53.1 Å². The standard InChI is InChI=1S/C24H28N4O4/c1-17-4-3-5-19(12-17)25-24(30)20-16-32-23(26-20)15-28-10-8-27(9-11-28)14-18-6-7-21(29)22(13-18)31-2/h3-7,12-13,16,29H,8-11,14-15H2,1-2H3,(H,25,30). The number of oxazole rings is 1. The number of methoxy groups -OCH3 is 1. The lowest BCUT2D eigenvalue weighted by Crippen LogP contribution is -2.45. The molecule has 0 unspecified atom stereocenters. The van der Waals surface area contributed by atoms with E-state index in [2.05, 4.69) is 20.1 Å². The molecule has 2 N–H and O–H groups in total. The number of hydrogen-bond donors (Lipinski definition) is 2. The average Bonchev–Trinajstić information content (AvgIpc) is 3.25. The molecule has 0 spiro atoms. The maximum Gasteiger partial charge on any atom is 0.277 e. The number of aromatic nitrogens is 1. The Morgan fingerprint density at radius 2 is 1.88 bits per heavy atom. The number of carbonyl (C=O) groups excluding carboxylic acids is 1. The molecule has 3 aromatic rings. The summed E-state index contributed by atoms with van der Waals surface area (Å²) in [5, 5.41) is 12.6. The van der Waals surface area contributed by atoms with Crippen LogP contribution < -0.4 is 10.1 Å². The topological polar surface area (TPSA) is 91.1 Å². The zero-order valence-electron chi connectivity index (χ0n) is 18.4. The van der Waals surface area contributed by atoms with Gasteiger partial charge in [-0.2, -0.15) is 0 Å². The molecule has 8 nitrogen and oxygen atoms in total. The predicted molar refractivity (Wildman–Crippen MR) is 121 cm³/mol. The fraction of sp³-hybridized carbons (Fsp3) is 0.333. The number of nitrogens with zero attached hydrogens (tertiary/aromatic N) is 3. The minimum Gasteiger partial charge on any atom is -0.504 e. The van der Waals surface area contributed by atoms with Gasteiger partial charge in [0.15, 0.2) is 17.2 Å². The van der Waals surface area contributed by atoms with Crippen LogP contribution in [0, 0.1) is 6.92 Å². The number of piperazine rings is 1. The molecule has 0 bridgehead atoms. The lowest BCUT2D eigenvalue weighted by Gasteiger charge is -2.34. The van der Waals surface area contributed by atoms with E-state index in [1.54, 1.807) is 13.2 Å². The Labute approximate surface area is 187 Å². The summed E-state index contributed by atoms with van der Waals surface area (Å²) in [5.41, 5.74) is 3.20. The number of aromatic hydroxyl groups is 1. The molecular weight excluding hydrogens is 408 g/mol. The second-order valence-corrected chi connectivity index (χ2v) is 8.01. The summed E-state index contributed by atoms with van der Waals surface area (Å²) < 4.78 is 10.7. The number of phenolic OH excluding ortho intramolecular Hbond substituents is 1. The number of hydrogen-bond acceptors (Lipinski definition) is 7. The Morgan fingerprint density at radius 1 is 1.12 bits per heavy atom. The van der Waals surface area contributed by atoms with Crippen molar-refractivity contribution in [3.8, 4) is 11.5 Å². The van der Waals surface area contributed by atoms with E-state index in [1.165, 1.54) is 6.26 Å². The summed E-state index contributed by atoms with van der Waals surface area (Å²) >= 11 is 0. The molecule has 2 heterocycles. The fourth-order valence-electron chi connectivity index (χ4n) is 3.78. The number of rotatable bonds is 7. The molecule has 0 aliphatic carbocycles. The number of ether oxygens (including phenoxy) is 1. The lowest BCUT2D eigenvalue weighted by atomic mass is 10.1. The van der Waals surface area contributed by atoms with Crippen LogP contribution >= 0.6 is 0 Å². The molecular formula is C24H28N4O4. The van der Waals surface area contributed by atoms with Gasteiger partial charge in [0.1, 0.15) is 6.26 Å². The van der Waals surface area contributed by atoms with Crippen LogP contribution in [0.5, 0.6) is 11.5 Å². The van der Waals surface area contributed by atoms with Gasteiger partial charge in [-0.05, 0) is 42.3 Å². The second kappa shape index (κ2) is 9.84. The maximum atomic E-state index is 12.4. The maximum absolute atomic E-state index is 12.4. The molecule has 168 valence electrons. The van der Waals surface area contributed by atoms with Crippen molar-refractivity contribution < 1.29 is 19.1 Å². The van der Waals surface area contributed by atoms with Crippen molar-refractivity contribution in [2.45, 2.75) is 20.0 Å². The summed E-state index contributed by atoms with van der Waals surface area (Å²) in [6.45, 7) is 6.91. The van der Waals surface area contributed by atoms with Crippen LogP contribution in [0.4, 0.5) is 5.69 Å². The van der Waals surface area contributed by atoms with E-state index in [1.807, 2.05) is 43.3 Å². The molecule has 8 heteroatoms. The van der Waals surface area contributed by atoms with Gasteiger partial charge in [-0.1, -0.05) is 18.2 Å². The van der Waals surface area contributed by atoms with Gasteiger partial charge < -0.3 is 19.6 Å². The van der Waals surface area contributed by atoms with E-state index in [-0.39, 0.29) is 17.4 Å². The van der Waals surface area contributed by atoms with Crippen molar-refractivity contribution in [2.24, 2.45) is 0 Å². The largest absolute Gasteiger partial charge is 0.504 e. The van der Waals surface area contributed by atoms with E-state index in [0.717, 1.165) is 49.5 Å². The number of aryl methyl sites for hydroxylation is 1. The highest BCUT2D eigenvalue weighted by molar-refractivity contribution is 6.02. The van der Waals surface area contributed by atoms with Gasteiger partial charge in [-0.15, -0.1) is 0 Å². The average molecular weight is 437 g/mol. The van der Waals surface area contributed by atoms with Crippen molar-refractivity contribution in [2.75, 3.05) is 38.6 Å². The van der Waals surface area contributed by atoms with E-state index in [4.69, 9.17) is 9.15 Å². The normalized spacial score (nSPS) is 14.9. The van der Waals surface area contributed by atoms with Crippen LogP contribution in [0.25, 0.3) is 0 Å². The molecule has 32 heavy (non-hydrogen) atoms. The summed E-state index contributed by atoms with van der Waals surface area (Å²) in [6, 6.07) is 13.1. The number of amides is 1. The third kappa shape index (κ3) is 5.46. The van der Waals surface area contributed by atoms with Crippen molar-refractivity contribution in [3.05, 3.63) is 71.4 Å². The molecule has 1 amide bonds. The first-order valence-electron chi connectivity index (χ1n) is 10.6. The predicted octanol–water partition coefficient (Wildman–Crippen LogP) is 3.27. The molecule has 4 rings (SSSR count). The second-order valence-electron chi connectivity index (χ2n) is 8.01. The molecule has 1 saturated heterocycles. The number of nitrogens with one attached hydrogen (secondary N) is 1. The molecule has 1 aliphatic rings. The first kappa shape index (κ1) is 21.9. The van der Waals surface area contributed by atoms with Crippen molar-refractivity contribution in [1.82, 2.24) is 14.8 Å². The Hall–Kier alpha value is -3.36. The zero-order valence-corrected chi connectivity index (χ0v) is 18.4. The summed E-state index contributed by atoms with van der Waals surface area (Å²) in [6.07, 6.45) is 1.41. The summed E-state index contributed by atoms with van der Waals surface area (Å²) in [4.78, 5) is 21.4. The number of benzene rings is 2. The van der Waals surface area contributed by atoms with Crippen LogP contribution in [0.2, 0.25) is 0 Å². The van der Waals surface area contributed by atoms with Crippen molar-refractivity contribution in [1.29, 1.82) is 0 Å². The SMILES string of the molecule is COc1cc(CN2CCN(Cc3nc(C(=O)Nc4cccc(C)c4)co3)CC2)ccc1O. The monoisotopic (exact) mass is 436 g/mol. The zero-order chi connectivity index (χ0) is 22.5. The Bertz CT molecular complexity index is 1070. The van der Waals surface area contributed by atoms with E-state index in [0.29, 0.717) is 18.2 Å². The van der Waals surface area contributed by atoms with E-state index in [9.17, 15) is 9.90 Å². The van der Waals surface area contributed by atoms with Gasteiger partial charge in [0.25, 0.3) is 5.91 Å². The Kier molecular flexibility index (Phi) is 6.72. The van der Waals surface area contributed by atoms with E-state index < -0.39 is 0 Å². The summed E-state index contributed by atoms with van der Waals surface area (Å²) in [7, 11) is 1.55. The first-order valence-corrected chi connectivity index (χ1v) is 10.6. The molecule has 1 aliphatic heterocycles. The highest BCUT2D eigenvalue weighted by Crippen LogP contribution is 2.27. The van der Waals surface area contributed by atoms with Crippen molar-refractivity contribution in [3.63, 3.8) is 0 Å². The number of phenols is 1.